The van der Waals surface area contributed by atoms with Crippen LogP contribution < -0.4 is 4.57 Å². The predicted octanol–water partition coefficient (Wildman–Crippen LogP) is 5.94. The third-order valence-corrected chi connectivity index (χ3v) is 5.89. The lowest BCUT2D eigenvalue weighted by atomic mass is 9.83. The van der Waals surface area contributed by atoms with Crippen LogP contribution >= 0.6 is 27.5 Å². The smallest absolute Gasteiger partial charge is 0.178 e. The van der Waals surface area contributed by atoms with Crippen molar-refractivity contribution in [1.29, 1.82) is 0 Å². The van der Waals surface area contributed by atoms with Crippen molar-refractivity contribution in [2.75, 3.05) is 0 Å². The van der Waals surface area contributed by atoms with E-state index in [0.29, 0.717) is 12.1 Å². The van der Waals surface area contributed by atoms with E-state index in [4.69, 9.17) is 11.6 Å². The van der Waals surface area contributed by atoms with Gasteiger partial charge >= 0.3 is 0 Å². The fraction of sp³-hybridized carbons (Fsp3) is 0.217. The molecule has 1 heterocycles. The Morgan fingerprint density at radius 3 is 2.43 bits per heavy atom. The maximum Gasteiger partial charge on any atom is 0.178 e. The Kier molecular flexibility index (Phi) is 6.53. The lowest BCUT2D eigenvalue weighted by molar-refractivity contribution is -0.677. The third kappa shape index (κ3) is 4.62. The number of benzene rings is 2. The number of pyridine rings is 1. The van der Waals surface area contributed by atoms with Gasteiger partial charge < -0.3 is 5.21 Å². The zero-order valence-electron chi connectivity index (χ0n) is 16.2. The van der Waals surface area contributed by atoms with Crippen molar-refractivity contribution in [2.45, 2.75) is 26.2 Å². The molecule has 0 spiro atoms. The first kappa shape index (κ1) is 20.6. The Hall–Kier alpha value is -2.17. The summed E-state index contributed by atoms with van der Waals surface area (Å²) in [5.41, 5.74) is 6.13. The topological polar surface area (TPSA) is 36.5 Å². The molecule has 0 saturated carbocycles. The number of halogens is 2. The molecule has 144 valence electrons. The van der Waals surface area contributed by atoms with Gasteiger partial charge in [-0.15, -0.1) is 0 Å². The van der Waals surface area contributed by atoms with E-state index in [-0.39, 0.29) is 5.92 Å². The van der Waals surface area contributed by atoms with Gasteiger partial charge in [0, 0.05) is 46.5 Å². The summed E-state index contributed by atoms with van der Waals surface area (Å²) >= 11 is 9.68. The summed E-state index contributed by atoms with van der Waals surface area (Å²) in [6.07, 6.45) is 2.56. The molecule has 28 heavy (non-hydrogen) atoms. The van der Waals surface area contributed by atoms with Crippen LogP contribution in [0, 0.1) is 13.8 Å². The van der Waals surface area contributed by atoms with E-state index in [0.717, 1.165) is 31.9 Å². The lowest BCUT2D eigenvalue weighted by Crippen LogP contribution is -2.31. The number of nitrogens with zero attached hydrogens (tertiary/aromatic N) is 2. The second-order valence-electron chi connectivity index (χ2n) is 7.02. The first-order valence-electron chi connectivity index (χ1n) is 9.08. The lowest BCUT2D eigenvalue weighted by Gasteiger charge is -2.21. The number of hydrogen-bond donors (Lipinski definition) is 1. The van der Waals surface area contributed by atoms with E-state index in [2.05, 4.69) is 46.2 Å². The van der Waals surface area contributed by atoms with Crippen LogP contribution in [-0.2, 0) is 7.05 Å². The Morgan fingerprint density at radius 1 is 1.11 bits per heavy atom. The zero-order chi connectivity index (χ0) is 20.3. The molecule has 1 atom stereocenters. The fourth-order valence-corrected chi connectivity index (χ4v) is 3.90. The highest BCUT2D eigenvalue weighted by molar-refractivity contribution is 9.10. The van der Waals surface area contributed by atoms with Crippen LogP contribution in [0.2, 0.25) is 5.02 Å². The number of aryl methyl sites for hydroxylation is 3. The summed E-state index contributed by atoms with van der Waals surface area (Å²) in [6, 6.07) is 18.3. The van der Waals surface area contributed by atoms with Gasteiger partial charge in [-0.25, -0.2) is 4.57 Å². The monoisotopic (exact) mass is 457 g/mol. The largest absolute Gasteiger partial charge is 0.411 e. The summed E-state index contributed by atoms with van der Waals surface area (Å²) in [7, 11) is 2.00. The molecule has 0 aliphatic rings. The van der Waals surface area contributed by atoms with Crippen LogP contribution in [0.4, 0.5) is 0 Å². The van der Waals surface area contributed by atoms with Crippen molar-refractivity contribution in [3.63, 3.8) is 0 Å². The molecule has 2 aromatic carbocycles. The van der Waals surface area contributed by atoms with Crippen molar-refractivity contribution in [3.05, 3.63) is 98.2 Å². The fourth-order valence-electron chi connectivity index (χ4n) is 3.41. The molecule has 3 rings (SSSR count). The molecule has 0 radical (unpaired) electrons. The Bertz CT molecular complexity index is 1020. The number of aromatic nitrogens is 1. The summed E-state index contributed by atoms with van der Waals surface area (Å²) in [4.78, 5) is 0. The minimum Gasteiger partial charge on any atom is -0.411 e. The molecule has 0 bridgehead atoms. The van der Waals surface area contributed by atoms with Gasteiger partial charge in [0.15, 0.2) is 11.9 Å². The second-order valence-corrected chi connectivity index (χ2v) is 8.38. The molecule has 3 aromatic rings. The summed E-state index contributed by atoms with van der Waals surface area (Å²) in [5.74, 6) is 0.0468. The maximum absolute atomic E-state index is 9.79. The highest BCUT2D eigenvalue weighted by Crippen LogP contribution is 2.33. The summed E-state index contributed by atoms with van der Waals surface area (Å²) < 4.78 is 3.07. The molecule has 1 aromatic heterocycles. The molecule has 0 aliphatic heterocycles. The standard InChI is InChI=1S/C23H22BrClN2O/c1-15-12-20(25)8-9-21(15)22(17-4-6-19(24)7-5-17)14-23(26-28)18-10-11-27(3)16(2)13-18/h4-13,22H,14H2,1-3H3/p+1/t22-/m1/s1. The van der Waals surface area contributed by atoms with Crippen molar-refractivity contribution < 1.29 is 9.77 Å². The van der Waals surface area contributed by atoms with E-state index in [1.165, 1.54) is 5.56 Å². The zero-order valence-corrected chi connectivity index (χ0v) is 18.5. The van der Waals surface area contributed by atoms with Gasteiger partial charge in [-0.2, -0.15) is 0 Å². The highest BCUT2D eigenvalue weighted by Gasteiger charge is 2.21. The van der Waals surface area contributed by atoms with E-state index in [9.17, 15) is 5.21 Å². The van der Waals surface area contributed by atoms with Crippen molar-refractivity contribution in [3.8, 4) is 0 Å². The molecule has 0 amide bonds. The van der Waals surface area contributed by atoms with Crippen LogP contribution in [0.3, 0.4) is 0 Å². The Labute approximate surface area is 179 Å². The molecular weight excluding hydrogens is 436 g/mol. The quantitative estimate of drug-likeness (QED) is 0.218. The van der Waals surface area contributed by atoms with Gasteiger partial charge in [-0.05, 0) is 47.9 Å². The number of oxime groups is 1. The normalized spacial score (nSPS) is 12.8. The minimum absolute atomic E-state index is 0.0468. The van der Waals surface area contributed by atoms with Gasteiger partial charge in [0.05, 0.1) is 5.71 Å². The van der Waals surface area contributed by atoms with Crippen molar-refractivity contribution in [1.82, 2.24) is 0 Å². The SMILES string of the molecule is Cc1cc(Cl)ccc1[C@H](C/C(=N\O)c1cc[n+](C)c(C)c1)c1ccc(Br)cc1. The van der Waals surface area contributed by atoms with E-state index in [1.54, 1.807) is 0 Å². The first-order chi connectivity index (χ1) is 13.4. The van der Waals surface area contributed by atoms with Crippen molar-refractivity contribution >= 4 is 33.2 Å². The van der Waals surface area contributed by atoms with Crippen LogP contribution in [0.25, 0.3) is 0 Å². The van der Waals surface area contributed by atoms with Gasteiger partial charge in [-0.3, -0.25) is 0 Å². The van der Waals surface area contributed by atoms with Crippen molar-refractivity contribution in [2.24, 2.45) is 12.2 Å². The second kappa shape index (κ2) is 8.89. The van der Waals surface area contributed by atoms with E-state index < -0.39 is 0 Å². The van der Waals surface area contributed by atoms with E-state index in [1.807, 2.05) is 61.1 Å². The van der Waals surface area contributed by atoms with Gasteiger partial charge in [0.25, 0.3) is 0 Å². The van der Waals surface area contributed by atoms with Gasteiger partial charge in [0.2, 0.25) is 0 Å². The summed E-state index contributed by atoms with van der Waals surface area (Å²) in [5, 5.41) is 14.2. The van der Waals surface area contributed by atoms with Crippen LogP contribution in [0.5, 0.6) is 0 Å². The first-order valence-corrected chi connectivity index (χ1v) is 10.2. The molecular formula is C23H23BrClN2O+. The molecule has 0 fully saturated rings. The van der Waals surface area contributed by atoms with Crippen LogP contribution in [0.15, 0.2) is 70.4 Å². The van der Waals surface area contributed by atoms with E-state index >= 15 is 0 Å². The maximum atomic E-state index is 9.79. The average molecular weight is 459 g/mol. The number of hydrogen-bond acceptors (Lipinski definition) is 2. The number of rotatable bonds is 5. The Balaban J connectivity index is 2.05. The van der Waals surface area contributed by atoms with Crippen LogP contribution in [-0.4, -0.2) is 10.9 Å². The van der Waals surface area contributed by atoms with Gasteiger partial charge in [-0.1, -0.05) is 50.9 Å². The average Bonchev–Trinajstić information content (AvgIpc) is 2.67. The minimum atomic E-state index is 0.0468. The van der Waals surface area contributed by atoms with Gasteiger partial charge in [0.1, 0.15) is 7.05 Å². The molecule has 5 heteroatoms. The summed E-state index contributed by atoms with van der Waals surface area (Å²) in [6.45, 7) is 4.10. The molecule has 0 unspecified atom stereocenters. The molecule has 1 N–H and O–H groups in total. The van der Waals surface area contributed by atoms with Crippen LogP contribution in [0.1, 0.15) is 40.3 Å². The molecule has 0 aliphatic carbocycles. The molecule has 0 saturated heterocycles. The Morgan fingerprint density at radius 2 is 1.82 bits per heavy atom. The third-order valence-electron chi connectivity index (χ3n) is 5.13. The predicted molar refractivity (Wildman–Crippen MR) is 117 cm³/mol. The highest BCUT2D eigenvalue weighted by atomic mass is 79.9. The molecule has 3 nitrogen and oxygen atoms in total.